The van der Waals surface area contributed by atoms with Crippen molar-refractivity contribution in [2.45, 2.75) is 18.9 Å². The maximum atomic E-state index is 12.4. The number of aromatic nitrogens is 1. The number of ether oxygens (including phenoxy) is 1. The minimum Gasteiger partial charge on any atom is -0.497 e. The number of benzene rings is 1. The summed E-state index contributed by atoms with van der Waals surface area (Å²) in [6, 6.07) is 7.70. The lowest BCUT2D eigenvalue weighted by Crippen LogP contribution is -2.57. The monoisotopic (exact) mass is 327 g/mol. The Morgan fingerprint density at radius 2 is 2.21 bits per heavy atom. The van der Waals surface area contributed by atoms with Gasteiger partial charge in [-0.2, -0.15) is 0 Å². The maximum absolute atomic E-state index is 12.4. The van der Waals surface area contributed by atoms with Crippen LogP contribution in [0.15, 0.2) is 34.9 Å². The first-order chi connectivity index (χ1) is 11.7. The van der Waals surface area contributed by atoms with Crippen LogP contribution in [-0.2, 0) is 0 Å². The van der Waals surface area contributed by atoms with Crippen LogP contribution in [0.5, 0.6) is 5.75 Å². The van der Waals surface area contributed by atoms with Gasteiger partial charge in [-0.3, -0.25) is 4.79 Å². The van der Waals surface area contributed by atoms with E-state index in [9.17, 15) is 4.79 Å². The van der Waals surface area contributed by atoms with Crippen molar-refractivity contribution in [2.75, 3.05) is 26.7 Å². The third-order valence-electron chi connectivity index (χ3n) is 5.03. The van der Waals surface area contributed by atoms with Gasteiger partial charge in [0.05, 0.1) is 13.3 Å². The maximum Gasteiger partial charge on any atom is 0.307 e. The van der Waals surface area contributed by atoms with Gasteiger partial charge in [-0.1, -0.05) is 12.1 Å². The molecule has 0 radical (unpaired) electrons. The molecule has 0 aliphatic carbocycles. The number of nitrogens with one attached hydrogen (secondary N) is 1. The number of hydrogen-bond donors (Lipinski definition) is 1. The standard InChI is InChI=1S/C18H21N3O3/c1-23-14-4-2-3-13(9-14)16-10-19-18(24-16)17(22)20-15-11-21-7-5-12(15)6-8-21/h2-4,9-10,12,15H,5-8,11H2,1H3,(H,20,22)/t15-/m0/s1. The molecule has 2 aromatic rings. The van der Waals surface area contributed by atoms with Gasteiger partial charge in [0.15, 0.2) is 5.76 Å². The Balaban J connectivity index is 1.47. The normalized spacial score (nSPS) is 25.5. The molecule has 2 bridgehead atoms. The van der Waals surface area contributed by atoms with Crippen LogP contribution in [0.1, 0.15) is 23.5 Å². The number of hydrogen-bond acceptors (Lipinski definition) is 5. The van der Waals surface area contributed by atoms with E-state index in [1.165, 1.54) is 0 Å². The van der Waals surface area contributed by atoms with Crippen molar-refractivity contribution < 1.29 is 13.9 Å². The summed E-state index contributed by atoms with van der Waals surface area (Å²) in [5, 5.41) is 3.09. The van der Waals surface area contributed by atoms with Gasteiger partial charge in [0.25, 0.3) is 5.89 Å². The zero-order valence-corrected chi connectivity index (χ0v) is 13.7. The van der Waals surface area contributed by atoms with E-state index in [1.54, 1.807) is 13.3 Å². The number of methoxy groups -OCH3 is 1. The molecular weight excluding hydrogens is 306 g/mol. The van der Waals surface area contributed by atoms with Gasteiger partial charge in [0.1, 0.15) is 5.75 Å². The van der Waals surface area contributed by atoms with Gasteiger partial charge >= 0.3 is 5.91 Å². The SMILES string of the molecule is COc1cccc(-c2cnc(C(=O)N[C@H]3CN4CCC3CC4)o2)c1. The topological polar surface area (TPSA) is 67.6 Å². The zero-order valence-electron chi connectivity index (χ0n) is 13.7. The Kier molecular flexibility index (Phi) is 3.98. The van der Waals surface area contributed by atoms with Gasteiger partial charge in [-0.15, -0.1) is 0 Å². The highest BCUT2D eigenvalue weighted by Crippen LogP contribution is 2.28. The average Bonchev–Trinajstić information content (AvgIpc) is 3.13. The molecule has 0 unspecified atom stereocenters. The molecule has 1 amide bonds. The number of piperidine rings is 3. The van der Waals surface area contributed by atoms with Gasteiger partial charge in [0, 0.05) is 18.2 Å². The first kappa shape index (κ1) is 15.2. The molecule has 3 aliphatic rings. The second kappa shape index (κ2) is 6.28. The third-order valence-corrected chi connectivity index (χ3v) is 5.03. The molecule has 1 N–H and O–H groups in total. The predicted molar refractivity (Wildman–Crippen MR) is 88.9 cm³/mol. The van der Waals surface area contributed by atoms with Crippen LogP contribution < -0.4 is 10.1 Å². The summed E-state index contributed by atoms with van der Waals surface area (Å²) in [6.45, 7) is 3.23. The van der Waals surface area contributed by atoms with Crippen LogP contribution in [0.2, 0.25) is 0 Å². The molecule has 5 rings (SSSR count). The lowest BCUT2D eigenvalue weighted by atomic mass is 9.84. The molecule has 3 saturated heterocycles. The highest BCUT2D eigenvalue weighted by atomic mass is 16.5. The molecule has 0 spiro atoms. The fourth-order valence-corrected chi connectivity index (χ4v) is 3.65. The minimum atomic E-state index is -0.233. The largest absolute Gasteiger partial charge is 0.497 e. The van der Waals surface area contributed by atoms with Crippen molar-refractivity contribution in [3.63, 3.8) is 0 Å². The number of fused-ring (bicyclic) bond motifs is 3. The summed E-state index contributed by atoms with van der Waals surface area (Å²) >= 11 is 0. The third kappa shape index (κ3) is 2.89. The number of oxazole rings is 1. The highest BCUT2D eigenvalue weighted by Gasteiger charge is 2.35. The van der Waals surface area contributed by atoms with Crippen LogP contribution >= 0.6 is 0 Å². The zero-order chi connectivity index (χ0) is 16.5. The quantitative estimate of drug-likeness (QED) is 0.932. The summed E-state index contributed by atoms with van der Waals surface area (Å²) in [4.78, 5) is 19.0. The van der Waals surface area contributed by atoms with Gasteiger partial charge in [-0.25, -0.2) is 4.98 Å². The molecular formula is C18H21N3O3. The van der Waals surface area contributed by atoms with Crippen molar-refractivity contribution in [3.8, 4) is 17.1 Å². The first-order valence-corrected chi connectivity index (χ1v) is 8.36. The smallest absolute Gasteiger partial charge is 0.307 e. The fourth-order valence-electron chi connectivity index (χ4n) is 3.65. The van der Waals surface area contributed by atoms with E-state index in [4.69, 9.17) is 9.15 Å². The number of rotatable bonds is 4. The molecule has 6 heteroatoms. The summed E-state index contributed by atoms with van der Waals surface area (Å²) in [6.07, 6.45) is 3.90. The van der Waals surface area contributed by atoms with E-state index in [2.05, 4.69) is 15.2 Å². The Morgan fingerprint density at radius 3 is 2.92 bits per heavy atom. The molecule has 6 nitrogen and oxygen atoms in total. The molecule has 4 heterocycles. The summed E-state index contributed by atoms with van der Waals surface area (Å²) in [7, 11) is 1.62. The van der Waals surface area contributed by atoms with E-state index >= 15 is 0 Å². The number of carbonyl (C=O) groups is 1. The molecule has 126 valence electrons. The Hall–Kier alpha value is -2.34. The first-order valence-electron chi connectivity index (χ1n) is 8.36. The van der Waals surface area contributed by atoms with Crippen molar-refractivity contribution in [3.05, 3.63) is 36.4 Å². The molecule has 3 fully saturated rings. The van der Waals surface area contributed by atoms with Gasteiger partial charge < -0.3 is 19.4 Å². The van der Waals surface area contributed by atoms with Crippen LogP contribution in [0.3, 0.4) is 0 Å². The Bertz CT molecular complexity index is 735. The molecule has 24 heavy (non-hydrogen) atoms. The average molecular weight is 327 g/mol. The molecule has 1 aromatic heterocycles. The highest BCUT2D eigenvalue weighted by molar-refractivity contribution is 5.90. The fraction of sp³-hybridized carbons (Fsp3) is 0.444. The van der Waals surface area contributed by atoms with Gasteiger partial charge in [-0.05, 0) is 44.0 Å². The predicted octanol–water partition coefficient (Wildman–Crippen LogP) is 2.17. The van der Waals surface area contributed by atoms with Crippen LogP contribution in [0.4, 0.5) is 0 Å². The Labute approximate surface area is 140 Å². The van der Waals surface area contributed by atoms with E-state index < -0.39 is 0 Å². The van der Waals surface area contributed by atoms with Crippen LogP contribution in [0.25, 0.3) is 11.3 Å². The van der Waals surface area contributed by atoms with Crippen molar-refractivity contribution in [1.29, 1.82) is 0 Å². The van der Waals surface area contributed by atoms with Crippen molar-refractivity contribution >= 4 is 5.91 Å². The lowest BCUT2D eigenvalue weighted by molar-refractivity contribution is 0.0602. The second-order valence-electron chi connectivity index (χ2n) is 6.48. The number of nitrogens with zero attached hydrogens (tertiary/aromatic N) is 2. The van der Waals surface area contributed by atoms with Gasteiger partial charge in [0.2, 0.25) is 0 Å². The molecule has 1 atom stereocenters. The lowest BCUT2D eigenvalue weighted by Gasteiger charge is -2.44. The minimum absolute atomic E-state index is 0.115. The summed E-state index contributed by atoms with van der Waals surface area (Å²) < 4.78 is 10.9. The number of amides is 1. The molecule has 1 aromatic carbocycles. The van der Waals surface area contributed by atoms with E-state index in [-0.39, 0.29) is 17.8 Å². The van der Waals surface area contributed by atoms with E-state index in [0.29, 0.717) is 11.7 Å². The van der Waals surface area contributed by atoms with Crippen LogP contribution in [-0.4, -0.2) is 48.6 Å². The molecule has 0 saturated carbocycles. The Morgan fingerprint density at radius 1 is 1.38 bits per heavy atom. The van der Waals surface area contributed by atoms with E-state index in [1.807, 2.05) is 24.3 Å². The van der Waals surface area contributed by atoms with Crippen LogP contribution in [0, 0.1) is 5.92 Å². The van der Waals surface area contributed by atoms with Crippen molar-refractivity contribution in [2.24, 2.45) is 5.92 Å². The van der Waals surface area contributed by atoms with Crippen molar-refractivity contribution in [1.82, 2.24) is 15.2 Å². The second-order valence-corrected chi connectivity index (χ2v) is 6.48. The van der Waals surface area contributed by atoms with E-state index in [0.717, 1.165) is 43.8 Å². The summed E-state index contributed by atoms with van der Waals surface area (Å²) in [5.74, 6) is 1.76. The summed E-state index contributed by atoms with van der Waals surface area (Å²) in [5.41, 5.74) is 0.837. The number of carbonyl (C=O) groups excluding carboxylic acids is 1. The molecule has 3 aliphatic heterocycles.